The molecule has 0 saturated carbocycles. The second-order valence-electron chi connectivity index (χ2n) is 5.39. The van der Waals surface area contributed by atoms with Crippen molar-refractivity contribution < 1.29 is 9.90 Å². The molecule has 0 aromatic carbocycles. The molecule has 132 valence electrons. The molecule has 0 aliphatic rings. The predicted octanol–water partition coefficient (Wildman–Crippen LogP) is 6.55. The molecule has 0 heterocycles. The van der Waals surface area contributed by atoms with Crippen LogP contribution in [0.2, 0.25) is 0 Å². The van der Waals surface area contributed by atoms with E-state index in [-0.39, 0.29) is 6.42 Å². The average Bonchev–Trinajstić information content (AvgIpc) is 2.56. The van der Waals surface area contributed by atoms with Crippen molar-refractivity contribution >= 4 is 5.97 Å². The highest BCUT2D eigenvalue weighted by Gasteiger charge is 1.87. The minimum atomic E-state index is -0.787. The lowest BCUT2D eigenvalue weighted by Crippen LogP contribution is -1.89. The van der Waals surface area contributed by atoms with Gasteiger partial charge in [0.25, 0.3) is 0 Å². The van der Waals surface area contributed by atoms with Gasteiger partial charge in [0.05, 0.1) is 6.42 Å². The molecule has 0 rings (SSSR count). The maximum Gasteiger partial charge on any atom is 0.307 e. The van der Waals surface area contributed by atoms with Crippen molar-refractivity contribution in [1.29, 1.82) is 0 Å². The Morgan fingerprint density at radius 2 is 0.958 bits per heavy atom. The zero-order valence-corrected chi connectivity index (χ0v) is 14.9. The van der Waals surface area contributed by atoms with E-state index >= 15 is 0 Å². The van der Waals surface area contributed by atoms with Gasteiger partial charge in [-0.1, -0.05) is 86.3 Å². The molecular formula is C22H32O2. The van der Waals surface area contributed by atoms with Crippen LogP contribution in [0.3, 0.4) is 0 Å². The van der Waals surface area contributed by atoms with Gasteiger partial charge in [0.15, 0.2) is 0 Å². The summed E-state index contributed by atoms with van der Waals surface area (Å²) in [4.78, 5) is 10.3. The third-order valence-electron chi connectivity index (χ3n) is 3.11. The highest BCUT2D eigenvalue weighted by atomic mass is 16.4. The molecule has 0 spiro atoms. The maximum atomic E-state index is 10.3. The third kappa shape index (κ3) is 19.9. The number of allylic oxidation sites excluding steroid dienone is 11. The molecule has 0 fully saturated rings. The fourth-order valence-electron chi connectivity index (χ4n) is 1.82. The van der Waals surface area contributed by atoms with Gasteiger partial charge in [0.1, 0.15) is 0 Å². The summed E-state index contributed by atoms with van der Waals surface area (Å²) in [5, 5.41) is 8.47. The molecule has 0 aliphatic heterocycles. The summed E-state index contributed by atoms with van der Waals surface area (Å²) in [7, 11) is 0. The van der Waals surface area contributed by atoms with Crippen LogP contribution in [0.5, 0.6) is 0 Å². The van der Waals surface area contributed by atoms with Gasteiger partial charge in [0, 0.05) is 0 Å². The largest absolute Gasteiger partial charge is 0.481 e. The van der Waals surface area contributed by atoms with Gasteiger partial charge in [-0.2, -0.15) is 0 Å². The van der Waals surface area contributed by atoms with E-state index in [4.69, 9.17) is 5.11 Å². The van der Waals surface area contributed by atoms with Crippen molar-refractivity contribution in [3.05, 3.63) is 72.9 Å². The predicted molar refractivity (Wildman–Crippen MR) is 105 cm³/mol. The standard InChI is InChI=1S/C22H32O2/c1-2-3-4-5-6-7-8-9-10-11-12-13-14-15-16-17-18-19-20-21-22(23)24/h4-5,7-8,10-11,13-14,16-17,19-20H,2-3,6,9,12,15,18,21H2,1H3,(H,23,24)/b5-4+,8-7+,11-10+,14-13+,17-16+,20-19+. The Morgan fingerprint density at radius 1 is 0.625 bits per heavy atom. The van der Waals surface area contributed by atoms with Crippen LogP contribution in [-0.4, -0.2) is 11.1 Å². The summed E-state index contributed by atoms with van der Waals surface area (Å²) >= 11 is 0. The third-order valence-corrected chi connectivity index (χ3v) is 3.11. The van der Waals surface area contributed by atoms with E-state index in [9.17, 15) is 4.79 Å². The Bertz CT molecular complexity index is 462. The summed E-state index contributed by atoms with van der Waals surface area (Å²) in [5.41, 5.74) is 0. The molecule has 2 heteroatoms. The van der Waals surface area contributed by atoms with Gasteiger partial charge in [-0.25, -0.2) is 0 Å². The topological polar surface area (TPSA) is 37.3 Å². The molecule has 24 heavy (non-hydrogen) atoms. The molecule has 0 saturated heterocycles. The Kier molecular flexibility index (Phi) is 17.3. The minimum Gasteiger partial charge on any atom is -0.481 e. The van der Waals surface area contributed by atoms with E-state index in [1.54, 1.807) is 6.08 Å². The number of unbranched alkanes of at least 4 members (excludes halogenated alkanes) is 1. The van der Waals surface area contributed by atoms with Crippen LogP contribution < -0.4 is 0 Å². The van der Waals surface area contributed by atoms with Crippen molar-refractivity contribution in [2.75, 3.05) is 0 Å². The van der Waals surface area contributed by atoms with Gasteiger partial charge in [-0.05, 0) is 38.5 Å². The van der Waals surface area contributed by atoms with Gasteiger partial charge in [-0.15, -0.1) is 0 Å². The van der Waals surface area contributed by atoms with Crippen molar-refractivity contribution in [1.82, 2.24) is 0 Å². The van der Waals surface area contributed by atoms with Crippen LogP contribution in [0.4, 0.5) is 0 Å². The second kappa shape index (κ2) is 19.0. The molecule has 0 radical (unpaired) electrons. The molecule has 0 aliphatic carbocycles. The summed E-state index contributed by atoms with van der Waals surface area (Å²) in [5.74, 6) is -0.787. The first-order valence-electron chi connectivity index (χ1n) is 8.89. The van der Waals surface area contributed by atoms with Gasteiger partial charge < -0.3 is 5.11 Å². The Hall–Kier alpha value is -2.09. The summed E-state index contributed by atoms with van der Waals surface area (Å²) in [6.45, 7) is 2.19. The van der Waals surface area contributed by atoms with E-state index < -0.39 is 5.97 Å². The normalized spacial score (nSPS) is 13.0. The smallest absolute Gasteiger partial charge is 0.307 e. The van der Waals surface area contributed by atoms with Gasteiger partial charge in [-0.3, -0.25) is 4.79 Å². The highest BCUT2D eigenvalue weighted by Crippen LogP contribution is 1.97. The average molecular weight is 328 g/mol. The zero-order chi connectivity index (χ0) is 17.7. The number of carbonyl (C=O) groups is 1. The van der Waals surface area contributed by atoms with Crippen LogP contribution in [0.1, 0.15) is 58.3 Å². The molecular weight excluding hydrogens is 296 g/mol. The van der Waals surface area contributed by atoms with Crippen LogP contribution in [0.25, 0.3) is 0 Å². The number of carboxylic acids is 1. The van der Waals surface area contributed by atoms with Gasteiger partial charge in [0.2, 0.25) is 0 Å². The molecule has 0 bridgehead atoms. The van der Waals surface area contributed by atoms with E-state index in [1.807, 2.05) is 6.08 Å². The van der Waals surface area contributed by atoms with Crippen LogP contribution in [0, 0.1) is 0 Å². The lowest BCUT2D eigenvalue weighted by atomic mass is 10.2. The van der Waals surface area contributed by atoms with Crippen LogP contribution >= 0.6 is 0 Å². The zero-order valence-electron chi connectivity index (χ0n) is 14.9. The molecule has 0 atom stereocenters. The Morgan fingerprint density at radius 3 is 1.29 bits per heavy atom. The fraction of sp³-hybridized carbons (Fsp3) is 0.409. The lowest BCUT2D eigenvalue weighted by molar-refractivity contribution is -0.136. The number of aliphatic carboxylic acids is 1. The van der Waals surface area contributed by atoms with Crippen molar-refractivity contribution in [3.8, 4) is 0 Å². The number of hydrogen-bond acceptors (Lipinski definition) is 1. The number of hydrogen-bond donors (Lipinski definition) is 1. The molecule has 0 unspecified atom stereocenters. The van der Waals surface area contributed by atoms with Gasteiger partial charge >= 0.3 is 5.97 Å². The number of rotatable bonds is 14. The van der Waals surface area contributed by atoms with E-state index in [0.717, 1.165) is 32.1 Å². The molecule has 0 aromatic heterocycles. The molecule has 0 aromatic rings. The van der Waals surface area contributed by atoms with Crippen molar-refractivity contribution in [3.63, 3.8) is 0 Å². The lowest BCUT2D eigenvalue weighted by Gasteiger charge is -1.86. The van der Waals surface area contributed by atoms with Crippen LogP contribution in [0.15, 0.2) is 72.9 Å². The van der Waals surface area contributed by atoms with E-state index in [1.165, 1.54) is 12.8 Å². The summed E-state index contributed by atoms with van der Waals surface area (Å²) < 4.78 is 0. The van der Waals surface area contributed by atoms with Crippen molar-refractivity contribution in [2.24, 2.45) is 0 Å². The Balaban J connectivity index is 3.52. The summed E-state index contributed by atoms with van der Waals surface area (Å²) in [6.07, 6.45) is 32.5. The fourth-order valence-corrected chi connectivity index (χ4v) is 1.82. The molecule has 2 nitrogen and oxygen atoms in total. The monoisotopic (exact) mass is 328 g/mol. The SMILES string of the molecule is CCC/C=C/C/C=C/C/C=C/C/C=C/C/C=C/C/C=C/CC(=O)O. The second-order valence-corrected chi connectivity index (χ2v) is 5.39. The van der Waals surface area contributed by atoms with E-state index in [0.29, 0.717) is 0 Å². The maximum absolute atomic E-state index is 10.3. The quantitative estimate of drug-likeness (QED) is 0.367. The highest BCUT2D eigenvalue weighted by molar-refractivity contribution is 5.68. The van der Waals surface area contributed by atoms with Crippen molar-refractivity contribution in [2.45, 2.75) is 58.3 Å². The molecule has 0 amide bonds. The van der Waals surface area contributed by atoms with Crippen LogP contribution in [-0.2, 0) is 4.79 Å². The first kappa shape index (κ1) is 21.9. The first-order chi connectivity index (χ1) is 11.8. The summed E-state index contributed by atoms with van der Waals surface area (Å²) in [6, 6.07) is 0. The van der Waals surface area contributed by atoms with E-state index in [2.05, 4.69) is 67.7 Å². The first-order valence-corrected chi connectivity index (χ1v) is 8.89. The minimum absolute atomic E-state index is 0.102. The molecule has 1 N–H and O–H groups in total. The number of carboxylic acid groups (broad SMARTS) is 1. The Labute approximate surface area is 147 Å².